The van der Waals surface area contributed by atoms with Crippen LogP contribution in [0.25, 0.3) is 0 Å². The first-order chi connectivity index (χ1) is 8.58. The molecular formula is C10H9ClN4O2S. The smallest absolute Gasteiger partial charge is 0.311 e. The van der Waals surface area contributed by atoms with E-state index in [1.54, 1.807) is 5.51 Å². The Bertz CT molecular complexity index is 587. The standard InChI is InChI=1S/C10H9ClN4O2S/c1-6-8(18-5-13-6)4-12-10-7(15(16)17)2-3-9(11)14-10/h2-3,5H,4H2,1H3,(H,12,14). The van der Waals surface area contributed by atoms with Crippen LogP contribution in [0, 0.1) is 17.0 Å². The van der Waals surface area contributed by atoms with E-state index in [-0.39, 0.29) is 16.7 Å². The molecule has 2 aromatic rings. The van der Waals surface area contributed by atoms with Crippen LogP contribution in [0.5, 0.6) is 0 Å². The Morgan fingerprint density at radius 3 is 2.94 bits per heavy atom. The van der Waals surface area contributed by atoms with Crippen molar-refractivity contribution in [1.82, 2.24) is 9.97 Å². The van der Waals surface area contributed by atoms with Gasteiger partial charge in [0.2, 0.25) is 5.82 Å². The molecule has 0 spiro atoms. The van der Waals surface area contributed by atoms with Crippen LogP contribution in [-0.4, -0.2) is 14.9 Å². The van der Waals surface area contributed by atoms with Crippen molar-refractivity contribution < 1.29 is 4.92 Å². The average molecular weight is 285 g/mol. The van der Waals surface area contributed by atoms with Gasteiger partial charge in [-0.15, -0.1) is 11.3 Å². The second-order valence-electron chi connectivity index (χ2n) is 3.47. The summed E-state index contributed by atoms with van der Waals surface area (Å²) in [5.74, 6) is 0.167. The molecule has 8 heteroatoms. The fraction of sp³-hybridized carbons (Fsp3) is 0.200. The topological polar surface area (TPSA) is 81.0 Å². The molecule has 0 bridgehead atoms. The number of aromatic nitrogens is 2. The predicted molar refractivity (Wildman–Crippen MR) is 70.1 cm³/mol. The summed E-state index contributed by atoms with van der Waals surface area (Å²) in [5, 5.41) is 14.0. The van der Waals surface area contributed by atoms with Crippen molar-refractivity contribution in [3.63, 3.8) is 0 Å². The number of rotatable bonds is 4. The third kappa shape index (κ3) is 2.74. The zero-order valence-corrected chi connectivity index (χ0v) is 11.0. The minimum atomic E-state index is -0.495. The first-order valence-corrected chi connectivity index (χ1v) is 6.27. The SMILES string of the molecule is Cc1ncsc1CNc1nc(Cl)ccc1[N+](=O)[O-]. The highest BCUT2D eigenvalue weighted by Gasteiger charge is 2.15. The van der Waals surface area contributed by atoms with E-state index in [1.807, 2.05) is 6.92 Å². The van der Waals surface area contributed by atoms with Crippen LogP contribution in [0.15, 0.2) is 17.6 Å². The van der Waals surface area contributed by atoms with Crippen LogP contribution in [0.3, 0.4) is 0 Å². The number of nitrogens with one attached hydrogen (secondary N) is 1. The molecule has 0 saturated heterocycles. The Morgan fingerprint density at radius 2 is 2.33 bits per heavy atom. The Hall–Kier alpha value is -1.73. The molecule has 2 rings (SSSR count). The maximum absolute atomic E-state index is 10.8. The molecule has 0 amide bonds. The molecule has 0 fully saturated rings. The summed E-state index contributed by atoms with van der Waals surface area (Å²) in [6.45, 7) is 2.32. The zero-order chi connectivity index (χ0) is 13.1. The second-order valence-corrected chi connectivity index (χ2v) is 4.80. The average Bonchev–Trinajstić information content (AvgIpc) is 2.72. The monoisotopic (exact) mass is 284 g/mol. The van der Waals surface area contributed by atoms with E-state index in [2.05, 4.69) is 15.3 Å². The van der Waals surface area contributed by atoms with Crippen LogP contribution in [-0.2, 0) is 6.54 Å². The number of halogens is 1. The van der Waals surface area contributed by atoms with E-state index in [0.29, 0.717) is 6.54 Å². The Balaban J connectivity index is 2.20. The first-order valence-electron chi connectivity index (χ1n) is 5.01. The van der Waals surface area contributed by atoms with Gasteiger partial charge in [-0.05, 0) is 13.0 Å². The second kappa shape index (κ2) is 5.28. The maximum atomic E-state index is 10.8. The van der Waals surface area contributed by atoms with Gasteiger partial charge in [-0.2, -0.15) is 0 Å². The molecule has 0 aliphatic rings. The molecule has 6 nitrogen and oxygen atoms in total. The maximum Gasteiger partial charge on any atom is 0.311 e. The highest BCUT2D eigenvalue weighted by Crippen LogP contribution is 2.25. The van der Waals surface area contributed by atoms with Gasteiger partial charge in [-0.3, -0.25) is 10.1 Å². The van der Waals surface area contributed by atoms with Gasteiger partial charge in [0.25, 0.3) is 0 Å². The van der Waals surface area contributed by atoms with Crippen LogP contribution >= 0.6 is 22.9 Å². The van der Waals surface area contributed by atoms with Gasteiger partial charge in [0.1, 0.15) is 5.15 Å². The number of nitrogens with zero attached hydrogens (tertiary/aromatic N) is 3. The summed E-state index contributed by atoms with van der Waals surface area (Å²) < 4.78 is 0. The molecule has 0 saturated carbocycles. The van der Waals surface area contributed by atoms with Crippen molar-refractivity contribution >= 4 is 34.4 Å². The van der Waals surface area contributed by atoms with E-state index < -0.39 is 4.92 Å². The van der Waals surface area contributed by atoms with Crippen LogP contribution in [0.2, 0.25) is 5.15 Å². The summed E-state index contributed by atoms with van der Waals surface area (Å²) in [7, 11) is 0. The number of hydrogen-bond acceptors (Lipinski definition) is 6. The third-order valence-electron chi connectivity index (χ3n) is 2.30. The third-order valence-corrected chi connectivity index (χ3v) is 3.44. The number of aryl methyl sites for hydroxylation is 1. The molecule has 1 N–H and O–H groups in total. The fourth-order valence-corrected chi connectivity index (χ4v) is 2.23. The van der Waals surface area contributed by atoms with Crippen molar-refractivity contribution in [3.05, 3.63) is 43.5 Å². The number of pyridine rings is 1. The molecule has 0 aliphatic carbocycles. The highest BCUT2D eigenvalue weighted by molar-refractivity contribution is 7.09. The first kappa shape index (κ1) is 12.7. The summed E-state index contributed by atoms with van der Waals surface area (Å²) in [6.07, 6.45) is 0. The molecule has 2 heterocycles. The molecule has 94 valence electrons. The van der Waals surface area contributed by atoms with Gasteiger partial charge in [-0.25, -0.2) is 9.97 Å². The Morgan fingerprint density at radius 1 is 1.56 bits per heavy atom. The summed E-state index contributed by atoms with van der Waals surface area (Å²) in [6, 6.07) is 2.72. The van der Waals surface area contributed by atoms with E-state index in [4.69, 9.17) is 11.6 Å². The zero-order valence-electron chi connectivity index (χ0n) is 9.38. The van der Waals surface area contributed by atoms with Crippen LogP contribution < -0.4 is 5.32 Å². The van der Waals surface area contributed by atoms with Gasteiger partial charge in [0, 0.05) is 10.9 Å². The highest BCUT2D eigenvalue weighted by atomic mass is 35.5. The predicted octanol–water partition coefficient (Wildman–Crippen LogP) is 3.02. The normalized spacial score (nSPS) is 10.3. The lowest BCUT2D eigenvalue weighted by atomic mass is 10.3. The lowest BCUT2D eigenvalue weighted by molar-refractivity contribution is -0.384. The Kier molecular flexibility index (Phi) is 3.73. The summed E-state index contributed by atoms with van der Waals surface area (Å²) >= 11 is 7.21. The molecule has 0 aliphatic heterocycles. The summed E-state index contributed by atoms with van der Waals surface area (Å²) in [4.78, 5) is 19.4. The molecular weight excluding hydrogens is 276 g/mol. The quantitative estimate of drug-likeness (QED) is 0.530. The number of hydrogen-bond donors (Lipinski definition) is 1. The lowest BCUT2D eigenvalue weighted by Crippen LogP contribution is -2.04. The molecule has 0 atom stereocenters. The minimum Gasteiger partial charge on any atom is -0.359 e. The number of thiazole rings is 1. The van der Waals surface area contributed by atoms with Gasteiger partial charge in [-0.1, -0.05) is 11.6 Å². The van der Waals surface area contributed by atoms with Crippen LogP contribution in [0.1, 0.15) is 10.6 Å². The van der Waals surface area contributed by atoms with Crippen molar-refractivity contribution in [3.8, 4) is 0 Å². The number of anilines is 1. The van der Waals surface area contributed by atoms with Crippen molar-refractivity contribution in [1.29, 1.82) is 0 Å². The van der Waals surface area contributed by atoms with Crippen molar-refractivity contribution in [2.24, 2.45) is 0 Å². The van der Waals surface area contributed by atoms with Gasteiger partial charge in [0.05, 0.1) is 22.7 Å². The van der Waals surface area contributed by atoms with Gasteiger partial charge in [0.15, 0.2) is 0 Å². The van der Waals surface area contributed by atoms with Gasteiger partial charge < -0.3 is 5.32 Å². The van der Waals surface area contributed by atoms with Crippen molar-refractivity contribution in [2.45, 2.75) is 13.5 Å². The molecule has 0 radical (unpaired) electrons. The van der Waals surface area contributed by atoms with Crippen LogP contribution in [0.4, 0.5) is 11.5 Å². The van der Waals surface area contributed by atoms with E-state index in [1.165, 1.54) is 23.5 Å². The minimum absolute atomic E-state index is 0.0958. The van der Waals surface area contributed by atoms with E-state index >= 15 is 0 Å². The largest absolute Gasteiger partial charge is 0.359 e. The fourth-order valence-electron chi connectivity index (χ4n) is 1.37. The Labute approximate surface area is 112 Å². The molecule has 0 unspecified atom stereocenters. The molecule has 0 aromatic carbocycles. The molecule has 2 aromatic heterocycles. The van der Waals surface area contributed by atoms with E-state index in [9.17, 15) is 10.1 Å². The van der Waals surface area contributed by atoms with Crippen molar-refractivity contribution in [2.75, 3.05) is 5.32 Å². The lowest BCUT2D eigenvalue weighted by Gasteiger charge is -2.05. The number of nitro groups is 1. The summed E-state index contributed by atoms with van der Waals surface area (Å²) in [5.41, 5.74) is 2.53. The van der Waals surface area contributed by atoms with E-state index in [0.717, 1.165) is 10.6 Å². The molecule has 18 heavy (non-hydrogen) atoms. The van der Waals surface area contributed by atoms with Gasteiger partial charge >= 0.3 is 5.69 Å².